The highest BCUT2D eigenvalue weighted by atomic mass is 32.1. The number of rotatable bonds is 4. The molecule has 0 bridgehead atoms. The summed E-state index contributed by atoms with van der Waals surface area (Å²) < 4.78 is 3.36. The van der Waals surface area contributed by atoms with Crippen LogP contribution in [0, 0.1) is 25.7 Å². The van der Waals surface area contributed by atoms with E-state index in [2.05, 4.69) is 32.1 Å². The average Bonchev–Trinajstić information content (AvgIpc) is 3.60. The van der Waals surface area contributed by atoms with E-state index in [0.29, 0.717) is 39.2 Å². The van der Waals surface area contributed by atoms with Crippen molar-refractivity contribution in [2.75, 3.05) is 0 Å². The zero-order valence-electron chi connectivity index (χ0n) is 22.0. The molecule has 4 heterocycles. The predicted molar refractivity (Wildman–Crippen MR) is 156 cm³/mol. The van der Waals surface area contributed by atoms with Crippen LogP contribution >= 0.6 is 11.3 Å². The van der Waals surface area contributed by atoms with Crippen LogP contribution in [0.5, 0.6) is 0 Å². The first-order chi connectivity index (χ1) is 19.4. The number of imidazole rings is 1. The van der Waals surface area contributed by atoms with Crippen molar-refractivity contribution >= 4 is 33.7 Å². The summed E-state index contributed by atoms with van der Waals surface area (Å²) >= 11 is 1.51. The van der Waals surface area contributed by atoms with Crippen molar-refractivity contribution in [3.63, 3.8) is 0 Å². The summed E-state index contributed by atoms with van der Waals surface area (Å²) in [6.07, 6.45) is 6.74. The molecular weight excluding hydrogens is 520 g/mol. The molecule has 9 heteroatoms. The van der Waals surface area contributed by atoms with Gasteiger partial charge in [0.05, 0.1) is 33.2 Å². The number of hydrogen-bond donors (Lipinski definition) is 1. The topological polar surface area (TPSA) is 94.2 Å². The van der Waals surface area contributed by atoms with Gasteiger partial charge in [-0.1, -0.05) is 36.3 Å². The van der Waals surface area contributed by atoms with Gasteiger partial charge in [-0.3, -0.25) is 18.6 Å². The van der Waals surface area contributed by atoms with Gasteiger partial charge in [0.2, 0.25) is 0 Å². The van der Waals surface area contributed by atoms with Crippen LogP contribution in [-0.4, -0.2) is 29.8 Å². The van der Waals surface area contributed by atoms with Gasteiger partial charge in [-0.2, -0.15) is 0 Å². The number of aryl methyl sites for hydroxylation is 2. The summed E-state index contributed by atoms with van der Waals surface area (Å²) in [5.74, 6) is 6.01. The third-order valence-electron chi connectivity index (χ3n) is 6.68. The van der Waals surface area contributed by atoms with Gasteiger partial charge in [0.15, 0.2) is 5.65 Å². The quantitative estimate of drug-likeness (QED) is 0.315. The van der Waals surface area contributed by atoms with E-state index in [4.69, 9.17) is 0 Å². The van der Waals surface area contributed by atoms with Crippen molar-refractivity contribution in [3.8, 4) is 17.5 Å². The maximum absolute atomic E-state index is 14.2. The molecule has 1 N–H and O–H groups in total. The molecule has 0 aliphatic heterocycles. The van der Waals surface area contributed by atoms with E-state index in [1.807, 2.05) is 68.4 Å². The number of nitrogens with zero attached hydrogens (tertiary/aromatic N) is 5. The highest BCUT2D eigenvalue weighted by molar-refractivity contribution is 7.12. The largest absolute Gasteiger partial charge is 0.344 e. The van der Waals surface area contributed by atoms with Crippen molar-refractivity contribution in [2.24, 2.45) is 0 Å². The smallest absolute Gasteiger partial charge is 0.264 e. The minimum atomic E-state index is -0.519. The van der Waals surface area contributed by atoms with Crippen LogP contribution in [0.4, 0.5) is 0 Å². The van der Waals surface area contributed by atoms with E-state index in [1.54, 1.807) is 40.8 Å². The maximum Gasteiger partial charge on any atom is 0.264 e. The van der Waals surface area contributed by atoms with E-state index in [9.17, 15) is 9.59 Å². The first-order valence-corrected chi connectivity index (χ1v) is 13.5. The van der Waals surface area contributed by atoms with Crippen LogP contribution in [0.15, 0.2) is 84.3 Å². The summed E-state index contributed by atoms with van der Waals surface area (Å²) in [5.41, 5.74) is 3.25. The minimum Gasteiger partial charge on any atom is -0.344 e. The van der Waals surface area contributed by atoms with E-state index >= 15 is 0 Å². The van der Waals surface area contributed by atoms with Gasteiger partial charge >= 0.3 is 0 Å². The fourth-order valence-corrected chi connectivity index (χ4v) is 5.41. The minimum absolute atomic E-state index is 0.210. The Kier molecular flexibility index (Phi) is 6.46. The van der Waals surface area contributed by atoms with Crippen LogP contribution in [0.25, 0.3) is 22.1 Å². The van der Waals surface area contributed by atoms with Crippen LogP contribution < -0.4 is 10.9 Å². The van der Waals surface area contributed by atoms with Gasteiger partial charge in [-0.05, 0) is 56.3 Å². The van der Waals surface area contributed by atoms with Gasteiger partial charge < -0.3 is 5.32 Å². The lowest BCUT2D eigenvalue weighted by molar-refractivity contribution is 0.0938. The molecule has 0 aliphatic rings. The molecule has 0 spiro atoms. The highest BCUT2D eigenvalue weighted by Crippen LogP contribution is 2.24. The zero-order valence-corrected chi connectivity index (χ0v) is 22.9. The second-order valence-electron chi connectivity index (χ2n) is 9.37. The Morgan fingerprint density at radius 3 is 2.62 bits per heavy atom. The molecule has 1 atom stereocenters. The lowest BCUT2D eigenvalue weighted by atomic mass is 10.0. The van der Waals surface area contributed by atoms with Gasteiger partial charge in [0.1, 0.15) is 11.9 Å². The summed E-state index contributed by atoms with van der Waals surface area (Å²) in [7, 11) is 0. The second-order valence-corrected chi connectivity index (χ2v) is 10.6. The lowest BCUT2D eigenvalue weighted by Crippen LogP contribution is -2.33. The summed E-state index contributed by atoms with van der Waals surface area (Å²) in [4.78, 5) is 41.5. The fourth-order valence-electron chi connectivity index (χ4n) is 4.78. The molecule has 40 heavy (non-hydrogen) atoms. The summed E-state index contributed by atoms with van der Waals surface area (Å²) in [6.45, 7) is 5.57. The number of hydrogen-bond acceptors (Lipinski definition) is 6. The molecule has 0 fully saturated rings. The van der Waals surface area contributed by atoms with Gasteiger partial charge in [0, 0.05) is 29.3 Å². The Labute approximate surface area is 234 Å². The number of para-hydroxylation sites is 1. The van der Waals surface area contributed by atoms with Crippen LogP contribution in [-0.2, 0) is 0 Å². The third-order valence-corrected chi connectivity index (χ3v) is 7.51. The van der Waals surface area contributed by atoms with Crippen molar-refractivity contribution < 1.29 is 4.79 Å². The molecule has 0 saturated carbocycles. The molecular formula is C31H24N6O2S. The molecule has 1 unspecified atom stereocenters. The lowest BCUT2D eigenvalue weighted by Gasteiger charge is -2.21. The summed E-state index contributed by atoms with van der Waals surface area (Å²) in [5, 5.41) is 5.27. The first kappa shape index (κ1) is 25.2. The molecule has 1 amide bonds. The Hall–Kier alpha value is -5.07. The predicted octanol–water partition coefficient (Wildman–Crippen LogP) is 5.00. The van der Waals surface area contributed by atoms with E-state index < -0.39 is 6.04 Å². The molecule has 2 aromatic carbocycles. The van der Waals surface area contributed by atoms with E-state index in [0.717, 1.165) is 15.3 Å². The van der Waals surface area contributed by atoms with E-state index in [-0.39, 0.29) is 11.5 Å². The number of carbonyl (C=O) groups excluding carboxylic acids is 1. The Bertz CT molecular complexity index is 2030. The molecule has 6 aromatic rings. The Morgan fingerprint density at radius 2 is 1.85 bits per heavy atom. The number of carbonyl (C=O) groups is 1. The fraction of sp³-hybridized carbons (Fsp3) is 0.129. The number of amides is 1. The molecule has 4 aromatic heterocycles. The third kappa shape index (κ3) is 4.55. The molecule has 0 saturated heterocycles. The average molecular weight is 545 g/mol. The van der Waals surface area contributed by atoms with Crippen molar-refractivity contribution in [1.29, 1.82) is 0 Å². The van der Waals surface area contributed by atoms with Gasteiger partial charge in [0.25, 0.3) is 11.5 Å². The number of benzene rings is 2. The first-order valence-electron chi connectivity index (χ1n) is 12.7. The molecule has 8 nitrogen and oxygen atoms in total. The maximum atomic E-state index is 14.2. The molecule has 196 valence electrons. The van der Waals surface area contributed by atoms with Crippen molar-refractivity contribution in [2.45, 2.75) is 26.8 Å². The Morgan fingerprint density at radius 1 is 1.02 bits per heavy atom. The number of fused-ring (bicyclic) bond motifs is 2. The van der Waals surface area contributed by atoms with E-state index in [1.165, 1.54) is 11.3 Å². The number of nitrogens with one attached hydrogen (secondary N) is 1. The molecule has 0 aliphatic carbocycles. The van der Waals surface area contributed by atoms with Crippen molar-refractivity contribution in [3.05, 3.63) is 122 Å². The van der Waals surface area contributed by atoms with Crippen molar-refractivity contribution in [1.82, 2.24) is 29.2 Å². The molecule has 0 radical (unpaired) electrons. The van der Waals surface area contributed by atoms with Gasteiger partial charge in [-0.15, -0.1) is 11.3 Å². The van der Waals surface area contributed by atoms with Crippen LogP contribution in [0.1, 0.15) is 50.2 Å². The Balaban J connectivity index is 1.48. The zero-order chi connectivity index (χ0) is 27.8. The number of thiazole rings is 1. The highest BCUT2D eigenvalue weighted by Gasteiger charge is 2.22. The standard InChI is InChI=1S/C31H24N6O2S/c1-19(35-30(38)27-20(2)34-18-36-15-14-32-29(27)36)26-16-23-9-7-8-22(12-13-25-17-33-21(3)40-25)28(23)31(39)37(26)24-10-5-4-6-11-24/h4-11,14-19H,1-3H3,(H,35,38). The van der Waals surface area contributed by atoms with Gasteiger partial charge in [-0.25, -0.2) is 15.0 Å². The monoisotopic (exact) mass is 544 g/mol. The van der Waals surface area contributed by atoms with Crippen LogP contribution in [0.3, 0.4) is 0 Å². The normalized spacial score (nSPS) is 11.8. The molecule has 6 rings (SSSR count). The van der Waals surface area contributed by atoms with Crippen LogP contribution in [0.2, 0.25) is 0 Å². The number of pyridine rings is 1. The second kappa shape index (κ2) is 10.2. The SMILES string of the molecule is Cc1ncc(C#Cc2cccc3cc(C(C)NC(=O)c4c(C)ncn5ccnc45)n(-c4ccccc4)c(=O)c23)s1. The number of aromatic nitrogens is 5. The summed E-state index contributed by atoms with van der Waals surface area (Å²) in [6, 6.07) is 16.5.